The van der Waals surface area contributed by atoms with E-state index >= 15 is 0 Å². The van der Waals surface area contributed by atoms with Crippen LogP contribution < -0.4 is 0 Å². The summed E-state index contributed by atoms with van der Waals surface area (Å²) in [7, 11) is 0. The average molecular weight is 338 g/mol. The van der Waals surface area contributed by atoms with Gasteiger partial charge in [-0.25, -0.2) is 0 Å². The minimum absolute atomic E-state index is 0.0250. The van der Waals surface area contributed by atoms with Crippen LogP contribution in [-0.4, -0.2) is 11.6 Å². The van der Waals surface area contributed by atoms with Crippen molar-refractivity contribution in [2.45, 2.75) is 0 Å². The lowest BCUT2D eigenvalue weighted by Crippen LogP contribution is -1.93. The van der Waals surface area contributed by atoms with Gasteiger partial charge >= 0.3 is 0 Å². The first kappa shape index (κ1) is 17.3. The molecule has 126 valence electrons. The number of hydrogen-bond donors (Lipinski definition) is 0. The van der Waals surface area contributed by atoms with E-state index in [4.69, 9.17) is 0 Å². The first-order valence-corrected chi connectivity index (χ1v) is 8.37. The predicted octanol–water partition coefficient (Wildman–Crippen LogP) is 5.48. The summed E-state index contributed by atoms with van der Waals surface area (Å²) in [6.45, 7) is 0. The SMILES string of the molecule is O=C(/C=C/c1ccc(/C=C/C(=O)c2ccccc2)cc1)c1ccccc1. The van der Waals surface area contributed by atoms with Crippen molar-refractivity contribution >= 4 is 23.7 Å². The normalized spacial score (nSPS) is 11.1. The van der Waals surface area contributed by atoms with Gasteiger partial charge in [0.05, 0.1) is 0 Å². The third kappa shape index (κ3) is 4.74. The van der Waals surface area contributed by atoms with Crippen LogP contribution in [0.2, 0.25) is 0 Å². The van der Waals surface area contributed by atoms with Gasteiger partial charge in [-0.15, -0.1) is 0 Å². The maximum absolute atomic E-state index is 12.1. The fourth-order valence-corrected chi connectivity index (χ4v) is 2.46. The molecule has 0 amide bonds. The summed E-state index contributed by atoms with van der Waals surface area (Å²) in [5.74, 6) is -0.0499. The summed E-state index contributed by atoms with van der Waals surface area (Å²) in [6, 6.07) is 26.0. The topological polar surface area (TPSA) is 34.1 Å². The van der Waals surface area contributed by atoms with E-state index < -0.39 is 0 Å². The van der Waals surface area contributed by atoms with Crippen LogP contribution >= 0.6 is 0 Å². The fourth-order valence-electron chi connectivity index (χ4n) is 2.46. The van der Waals surface area contributed by atoms with Crippen LogP contribution in [0, 0.1) is 0 Å². The highest BCUT2D eigenvalue weighted by atomic mass is 16.1. The molecule has 2 nitrogen and oxygen atoms in total. The molecule has 0 heterocycles. The molecule has 0 aliphatic rings. The second kappa shape index (κ2) is 8.54. The van der Waals surface area contributed by atoms with E-state index in [1.807, 2.05) is 60.7 Å². The third-order valence-corrected chi connectivity index (χ3v) is 3.91. The van der Waals surface area contributed by atoms with E-state index in [-0.39, 0.29) is 11.6 Å². The van der Waals surface area contributed by atoms with Crippen molar-refractivity contribution in [2.75, 3.05) is 0 Å². The lowest BCUT2D eigenvalue weighted by atomic mass is 10.1. The summed E-state index contributed by atoms with van der Waals surface area (Å²) in [6.07, 6.45) is 6.72. The molecule has 0 radical (unpaired) electrons. The zero-order chi connectivity index (χ0) is 18.2. The molecule has 0 aromatic heterocycles. The van der Waals surface area contributed by atoms with E-state index in [0.29, 0.717) is 11.1 Å². The molecule has 3 rings (SSSR count). The maximum atomic E-state index is 12.1. The molecular weight excluding hydrogens is 320 g/mol. The van der Waals surface area contributed by atoms with Gasteiger partial charge in [0.1, 0.15) is 0 Å². The molecule has 2 heteroatoms. The average Bonchev–Trinajstić information content (AvgIpc) is 2.72. The highest BCUT2D eigenvalue weighted by Crippen LogP contribution is 2.10. The van der Waals surface area contributed by atoms with Crippen LogP contribution in [0.5, 0.6) is 0 Å². The van der Waals surface area contributed by atoms with Crippen LogP contribution in [0.3, 0.4) is 0 Å². The van der Waals surface area contributed by atoms with Crippen LogP contribution in [-0.2, 0) is 0 Å². The smallest absolute Gasteiger partial charge is 0.185 e. The standard InChI is InChI=1S/C24H18O2/c25-23(21-7-3-1-4-8-21)17-15-19-11-13-20(14-12-19)16-18-24(26)22-9-5-2-6-10-22/h1-18H/b17-15+,18-16+. The molecule has 3 aromatic carbocycles. The van der Waals surface area contributed by atoms with E-state index in [9.17, 15) is 9.59 Å². The second-order valence-electron chi connectivity index (χ2n) is 5.79. The Labute approximate surface area is 153 Å². The summed E-state index contributed by atoms with van der Waals surface area (Å²) in [5, 5.41) is 0. The molecule has 0 saturated heterocycles. The molecular formula is C24H18O2. The molecule has 0 N–H and O–H groups in total. The Morgan fingerprint density at radius 2 is 0.846 bits per heavy atom. The van der Waals surface area contributed by atoms with Gasteiger partial charge in [0, 0.05) is 11.1 Å². The predicted molar refractivity (Wildman–Crippen MR) is 106 cm³/mol. The fraction of sp³-hybridized carbons (Fsp3) is 0. The van der Waals surface area contributed by atoms with Gasteiger partial charge in [-0.2, -0.15) is 0 Å². The van der Waals surface area contributed by atoms with Crippen molar-refractivity contribution in [3.05, 3.63) is 119 Å². The molecule has 3 aromatic rings. The number of carbonyl (C=O) groups is 2. The van der Waals surface area contributed by atoms with Crippen LogP contribution in [0.1, 0.15) is 31.8 Å². The lowest BCUT2D eigenvalue weighted by molar-refractivity contribution is 0.103. The highest BCUT2D eigenvalue weighted by Gasteiger charge is 2.00. The van der Waals surface area contributed by atoms with Gasteiger partial charge in [0.2, 0.25) is 0 Å². The van der Waals surface area contributed by atoms with Gasteiger partial charge in [-0.1, -0.05) is 97.1 Å². The molecule has 0 unspecified atom stereocenters. The van der Waals surface area contributed by atoms with Crippen molar-refractivity contribution in [1.82, 2.24) is 0 Å². The van der Waals surface area contributed by atoms with E-state index in [1.165, 1.54) is 0 Å². The molecule has 0 fully saturated rings. The number of hydrogen-bond acceptors (Lipinski definition) is 2. The Morgan fingerprint density at radius 1 is 0.500 bits per heavy atom. The molecule has 0 bridgehead atoms. The summed E-state index contributed by atoms with van der Waals surface area (Å²) in [5.41, 5.74) is 3.20. The monoisotopic (exact) mass is 338 g/mol. The van der Waals surface area contributed by atoms with Crippen LogP contribution in [0.4, 0.5) is 0 Å². The first-order chi connectivity index (χ1) is 12.7. The minimum Gasteiger partial charge on any atom is -0.289 e. The Morgan fingerprint density at radius 3 is 1.19 bits per heavy atom. The van der Waals surface area contributed by atoms with Crippen molar-refractivity contribution in [1.29, 1.82) is 0 Å². The second-order valence-corrected chi connectivity index (χ2v) is 5.79. The lowest BCUT2D eigenvalue weighted by Gasteiger charge is -1.98. The molecule has 26 heavy (non-hydrogen) atoms. The van der Waals surface area contributed by atoms with Gasteiger partial charge in [-0.3, -0.25) is 9.59 Å². The van der Waals surface area contributed by atoms with Crippen LogP contribution in [0.15, 0.2) is 97.1 Å². The van der Waals surface area contributed by atoms with Gasteiger partial charge in [-0.05, 0) is 23.3 Å². The van der Waals surface area contributed by atoms with Crippen molar-refractivity contribution < 1.29 is 9.59 Å². The molecule has 0 aliphatic heterocycles. The minimum atomic E-state index is -0.0250. The van der Waals surface area contributed by atoms with E-state index in [1.54, 1.807) is 48.6 Å². The molecule has 0 atom stereocenters. The number of rotatable bonds is 6. The van der Waals surface area contributed by atoms with Crippen molar-refractivity contribution in [3.63, 3.8) is 0 Å². The Bertz CT molecular complexity index is 854. The zero-order valence-electron chi connectivity index (χ0n) is 14.2. The van der Waals surface area contributed by atoms with Crippen molar-refractivity contribution in [2.24, 2.45) is 0 Å². The van der Waals surface area contributed by atoms with Gasteiger partial charge in [0.25, 0.3) is 0 Å². The number of allylic oxidation sites excluding steroid dienone is 2. The Hall–Kier alpha value is -3.52. The number of carbonyl (C=O) groups excluding carboxylic acids is 2. The first-order valence-electron chi connectivity index (χ1n) is 8.37. The van der Waals surface area contributed by atoms with Crippen molar-refractivity contribution in [3.8, 4) is 0 Å². The molecule has 0 aliphatic carbocycles. The summed E-state index contributed by atoms with van der Waals surface area (Å²) in [4.78, 5) is 24.1. The van der Waals surface area contributed by atoms with Gasteiger partial charge < -0.3 is 0 Å². The maximum Gasteiger partial charge on any atom is 0.185 e. The van der Waals surface area contributed by atoms with Gasteiger partial charge in [0.15, 0.2) is 11.6 Å². The quantitative estimate of drug-likeness (QED) is 0.440. The zero-order valence-corrected chi connectivity index (χ0v) is 14.2. The summed E-state index contributed by atoms with van der Waals surface area (Å²) < 4.78 is 0. The number of ketones is 2. The van der Waals surface area contributed by atoms with E-state index in [0.717, 1.165) is 11.1 Å². The molecule has 0 spiro atoms. The largest absolute Gasteiger partial charge is 0.289 e. The van der Waals surface area contributed by atoms with E-state index in [2.05, 4.69) is 0 Å². The Kier molecular flexibility index (Phi) is 5.69. The highest BCUT2D eigenvalue weighted by molar-refractivity contribution is 6.07. The third-order valence-electron chi connectivity index (χ3n) is 3.91. The Balaban J connectivity index is 1.63. The molecule has 0 saturated carbocycles. The number of benzene rings is 3. The summed E-state index contributed by atoms with van der Waals surface area (Å²) >= 11 is 0. The van der Waals surface area contributed by atoms with Crippen LogP contribution in [0.25, 0.3) is 12.2 Å².